The summed E-state index contributed by atoms with van der Waals surface area (Å²) in [5.74, 6) is -0.249. The van der Waals surface area contributed by atoms with Crippen LogP contribution in [0.1, 0.15) is 28.8 Å². The van der Waals surface area contributed by atoms with Crippen LogP contribution in [0, 0.1) is 0 Å². The Morgan fingerprint density at radius 3 is 3.05 bits per heavy atom. The molecular formula is C11H14N6OS. The van der Waals surface area contributed by atoms with Crippen LogP contribution in [0.25, 0.3) is 0 Å². The molecule has 2 rings (SSSR count). The summed E-state index contributed by atoms with van der Waals surface area (Å²) in [6.07, 6.45) is 4.07. The highest BCUT2D eigenvalue weighted by Crippen LogP contribution is 2.14. The molecule has 1 amide bonds. The van der Waals surface area contributed by atoms with Crippen molar-refractivity contribution in [2.75, 3.05) is 11.9 Å². The molecule has 0 saturated heterocycles. The Kier molecular flexibility index (Phi) is 4.73. The zero-order chi connectivity index (χ0) is 13.5. The molecule has 2 N–H and O–H groups in total. The van der Waals surface area contributed by atoms with Crippen molar-refractivity contribution in [2.45, 2.75) is 19.9 Å². The molecule has 2 heterocycles. The van der Waals surface area contributed by atoms with E-state index in [0.29, 0.717) is 16.7 Å². The van der Waals surface area contributed by atoms with E-state index < -0.39 is 0 Å². The fraction of sp³-hybridized carbons (Fsp3) is 0.364. The van der Waals surface area contributed by atoms with Gasteiger partial charge in [0.1, 0.15) is 6.33 Å². The predicted octanol–water partition coefficient (Wildman–Crippen LogP) is 1.08. The molecule has 0 aliphatic rings. The molecule has 0 aliphatic carbocycles. The average molecular weight is 278 g/mol. The van der Waals surface area contributed by atoms with Crippen LogP contribution in [0.15, 0.2) is 18.6 Å². The van der Waals surface area contributed by atoms with E-state index in [2.05, 4.69) is 37.7 Å². The number of amides is 1. The second-order valence-corrected chi connectivity index (χ2v) is 4.70. The molecule has 0 aliphatic heterocycles. The molecular weight excluding hydrogens is 264 g/mol. The molecule has 0 spiro atoms. The van der Waals surface area contributed by atoms with E-state index in [4.69, 9.17) is 0 Å². The van der Waals surface area contributed by atoms with Crippen LogP contribution in [0.3, 0.4) is 0 Å². The summed E-state index contributed by atoms with van der Waals surface area (Å²) in [6, 6.07) is 1.74. The maximum absolute atomic E-state index is 11.8. The number of hydrogen-bond acceptors (Lipinski definition) is 7. The Morgan fingerprint density at radius 2 is 2.32 bits per heavy atom. The van der Waals surface area contributed by atoms with E-state index in [1.54, 1.807) is 12.3 Å². The van der Waals surface area contributed by atoms with Gasteiger partial charge in [-0.2, -0.15) is 0 Å². The first-order chi connectivity index (χ1) is 9.29. The lowest BCUT2D eigenvalue weighted by atomic mass is 10.4. The number of carbonyl (C=O) groups is 1. The average Bonchev–Trinajstić information content (AvgIpc) is 2.92. The quantitative estimate of drug-likeness (QED) is 0.821. The van der Waals surface area contributed by atoms with Gasteiger partial charge < -0.3 is 10.6 Å². The first-order valence-corrected chi connectivity index (χ1v) is 6.71. The van der Waals surface area contributed by atoms with Gasteiger partial charge in [-0.3, -0.25) is 4.79 Å². The number of carbonyl (C=O) groups excluding carboxylic acids is 1. The molecule has 0 radical (unpaired) electrons. The summed E-state index contributed by atoms with van der Waals surface area (Å²) in [4.78, 5) is 19.7. The van der Waals surface area contributed by atoms with E-state index in [0.717, 1.165) is 18.7 Å². The van der Waals surface area contributed by atoms with Gasteiger partial charge in [-0.05, 0) is 12.5 Å². The van der Waals surface area contributed by atoms with Crippen molar-refractivity contribution in [1.29, 1.82) is 0 Å². The van der Waals surface area contributed by atoms with Crippen LogP contribution in [0.4, 0.5) is 5.13 Å². The molecule has 2 aromatic heterocycles. The Morgan fingerprint density at radius 1 is 1.42 bits per heavy atom. The fourth-order valence-corrected chi connectivity index (χ4v) is 1.97. The smallest absolute Gasteiger partial charge is 0.282 e. The minimum absolute atomic E-state index is 0.249. The predicted molar refractivity (Wildman–Crippen MR) is 71.9 cm³/mol. The normalized spacial score (nSPS) is 10.2. The highest BCUT2D eigenvalue weighted by atomic mass is 32.1. The lowest BCUT2D eigenvalue weighted by molar-refractivity contribution is 0.0949. The molecule has 19 heavy (non-hydrogen) atoms. The van der Waals surface area contributed by atoms with Gasteiger partial charge in [0.05, 0.1) is 12.2 Å². The Balaban J connectivity index is 1.87. The van der Waals surface area contributed by atoms with Crippen molar-refractivity contribution >= 4 is 22.4 Å². The van der Waals surface area contributed by atoms with Gasteiger partial charge in [0.2, 0.25) is 10.1 Å². The van der Waals surface area contributed by atoms with Gasteiger partial charge in [-0.25, -0.2) is 9.97 Å². The summed E-state index contributed by atoms with van der Waals surface area (Å²) >= 11 is 1.24. The third kappa shape index (κ3) is 3.95. The minimum Gasteiger partial charge on any atom is -0.360 e. The van der Waals surface area contributed by atoms with Crippen molar-refractivity contribution in [3.8, 4) is 0 Å². The Bertz CT molecular complexity index is 529. The van der Waals surface area contributed by atoms with Crippen LogP contribution in [-0.4, -0.2) is 32.6 Å². The fourth-order valence-electron chi connectivity index (χ4n) is 1.29. The number of rotatable bonds is 6. The number of nitrogens with zero attached hydrogens (tertiary/aromatic N) is 4. The van der Waals surface area contributed by atoms with E-state index in [-0.39, 0.29) is 5.91 Å². The summed E-state index contributed by atoms with van der Waals surface area (Å²) in [5.41, 5.74) is 0.747. The topological polar surface area (TPSA) is 92.7 Å². The number of hydrogen-bond donors (Lipinski definition) is 2. The first-order valence-electron chi connectivity index (χ1n) is 5.90. The summed E-state index contributed by atoms with van der Waals surface area (Å²) in [6.45, 7) is 3.22. The third-order valence-corrected chi connectivity index (χ3v) is 3.10. The van der Waals surface area contributed by atoms with Crippen LogP contribution < -0.4 is 10.6 Å². The zero-order valence-corrected chi connectivity index (χ0v) is 11.3. The van der Waals surface area contributed by atoms with Gasteiger partial charge in [0.25, 0.3) is 5.91 Å². The van der Waals surface area contributed by atoms with E-state index in [9.17, 15) is 4.79 Å². The lowest BCUT2D eigenvalue weighted by Crippen LogP contribution is -2.23. The summed E-state index contributed by atoms with van der Waals surface area (Å²) in [7, 11) is 0. The molecule has 0 fully saturated rings. The van der Waals surface area contributed by atoms with Crippen molar-refractivity contribution < 1.29 is 4.79 Å². The van der Waals surface area contributed by atoms with Crippen LogP contribution >= 0.6 is 11.3 Å². The summed E-state index contributed by atoms with van der Waals surface area (Å²) in [5, 5.41) is 14.6. The molecule has 0 atom stereocenters. The molecule has 7 nitrogen and oxygen atoms in total. The van der Waals surface area contributed by atoms with Crippen molar-refractivity contribution in [2.24, 2.45) is 0 Å². The van der Waals surface area contributed by atoms with E-state index in [1.165, 1.54) is 17.7 Å². The molecule has 2 aromatic rings. The molecule has 0 saturated carbocycles. The highest BCUT2D eigenvalue weighted by molar-refractivity contribution is 7.17. The Labute approximate surface area is 114 Å². The largest absolute Gasteiger partial charge is 0.360 e. The number of anilines is 1. The monoisotopic (exact) mass is 278 g/mol. The molecule has 0 unspecified atom stereocenters. The molecule has 100 valence electrons. The maximum Gasteiger partial charge on any atom is 0.282 e. The van der Waals surface area contributed by atoms with Gasteiger partial charge in [0, 0.05) is 12.7 Å². The second-order valence-electron chi connectivity index (χ2n) is 3.72. The van der Waals surface area contributed by atoms with Crippen molar-refractivity contribution in [3.63, 3.8) is 0 Å². The van der Waals surface area contributed by atoms with Crippen LogP contribution in [0.5, 0.6) is 0 Å². The zero-order valence-electron chi connectivity index (χ0n) is 10.5. The SMILES string of the molecule is CCCNc1nnc(C(=O)NCc2ccncn2)s1. The standard InChI is InChI=1S/C11H14N6OS/c1-2-4-13-11-17-16-10(19-11)9(18)14-6-8-3-5-12-7-15-8/h3,5,7H,2,4,6H2,1H3,(H,13,17)(H,14,18). The number of nitrogens with one attached hydrogen (secondary N) is 2. The van der Waals surface area contributed by atoms with Crippen LogP contribution in [0.2, 0.25) is 0 Å². The van der Waals surface area contributed by atoms with Crippen LogP contribution in [-0.2, 0) is 6.54 Å². The number of aromatic nitrogens is 4. The van der Waals surface area contributed by atoms with E-state index >= 15 is 0 Å². The van der Waals surface area contributed by atoms with Gasteiger partial charge in [0.15, 0.2) is 0 Å². The Hall–Kier alpha value is -2.09. The van der Waals surface area contributed by atoms with Crippen molar-refractivity contribution in [3.05, 3.63) is 29.3 Å². The molecule has 0 bridgehead atoms. The highest BCUT2D eigenvalue weighted by Gasteiger charge is 2.12. The maximum atomic E-state index is 11.8. The van der Waals surface area contributed by atoms with Gasteiger partial charge in [-0.15, -0.1) is 10.2 Å². The van der Waals surface area contributed by atoms with E-state index in [1.807, 2.05) is 0 Å². The van der Waals surface area contributed by atoms with Gasteiger partial charge in [-0.1, -0.05) is 18.3 Å². The lowest BCUT2D eigenvalue weighted by Gasteiger charge is -2.00. The van der Waals surface area contributed by atoms with Gasteiger partial charge >= 0.3 is 0 Å². The first kappa shape index (κ1) is 13.3. The second kappa shape index (κ2) is 6.74. The summed E-state index contributed by atoms with van der Waals surface area (Å²) < 4.78 is 0. The third-order valence-electron chi connectivity index (χ3n) is 2.22. The minimum atomic E-state index is -0.249. The van der Waals surface area contributed by atoms with Crippen molar-refractivity contribution in [1.82, 2.24) is 25.5 Å². The molecule has 8 heteroatoms. The molecule has 0 aromatic carbocycles.